The van der Waals surface area contributed by atoms with Gasteiger partial charge in [-0.05, 0) is 32.1 Å². The molecule has 2 unspecified atom stereocenters. The van der Waals surface area contributed by atoms with Gasteiger partial charge in [0.05, 0.1) is 5.25 Å². The molecule has 2 aliphatic carbocycles. The molecule has 6 nitrogen and oxygen atoms in total. The minimum absolute atomic E-state index is 0.00326. The van der Waals surface area contributed by atoms with Gasteiger partial charge in [0.1, 0.15) is 0 Å². The molecule has 0 aliphatic heterocycles. The Balaban J connectivity index is 1.87. The van der Waals surface area contributed by atoms with Crippen molar-refractivity contribution in [2.24, 2.45) is 11.7 Å². The van der Waals surface area contributed by atoms with Crippen LogP contribution in [0.5, 0.6) is 0 Å². The maximum atomic E-state index is 12.1. The second-order valence-corrected chi connectivity index (χ2v) is 7.41. The fourth-order valence-electron chi connectivity index (χ4n) is 3.09. The van der Waals surface area contributed by atoms with Gasteiger partial charge in [-0.15, -0.1) is 0 Å². The van der Waals surface area contributed by atoms with E-state index in [-0.39, 0.29) is 30.3 Å². The van der Waals surface area contributed by atoms with E-state index in [9.17, 15) is 13.2 Å². The highest BCUT2D eigenvalue weighted by molar-refractivity contribution is 7.86. The van der Waals surface area contributed by atoms with Crippen LogP contribution in [0.3, 0.4) is 0 Å². The van der Waals surface area contributed by atoms with Crippen LogP contribution in [0.4, 0.5) is 0 Å². The van der Waals surface area contributed by atoms with Gasteiger partial charge in [-0.2, -0.15) is 8.42 Å². The Labute approximate surface area is 113 Å². The predicted octanol–water partition coefficient (Wildman–Crippen LogP) is 0.429. The summed E-state index contributed by atoms with van der Waals surface area (Å²) in [6.45, 7) is 0. The van der Waals surface area contributed by atoms with E-state index in [0.717, 1.165) is 25.7 Å². The Morgan fingerprint density at radius 1 is 1.16 bits per heavy atom. The lowest BCUT2D eigenvalue weighted by Crippen LogP contribution is -2.50. The van der Waals surface area contributed by atoms with Crippen LogP contribution in [0.2, 0.25) is 0 Å². The fourth-order valence-corrected chi connectivity index (χ4v) is 4.00. The maximum absolute atomic E-state index is 12.1. The molecule has 0 radical (unpaired) electrons. The molecule has 4 N–H and O–H groups in total. The summed E-state index contributed by atoms with van der Waals surface area (Å²) < 4.78 is 31.1. The van der Waals surface area contributed by atoms with Crippen LogP contribution < -0.4 is 11.1 Å². The van der Waals surface area contributed by atoms with Gasteiger partial charge in [0.15, 0.2) is 0 Å². The first-order chi connectivity index (χ1) is 8.88. The van der Waals surface area contributed by atoms with Crippen molar-refractivity contribution in [3.05, 3.63) is 0 Å². The molecule has 0 spiro atoms. The van der Waals surface area contributed by atoms with E-state index in [1.807, 2.05) is 0 Å². The lowest BCUT2D eigenvalue weighted by atomic mass is 9.90. The molecular weight excluding hydrogens is 268 g/mol. The Morgan fingerprint density at radius 3 is 2.42 bits per heavy atom. The number of nitrogens with two attached hydrogens (primary N) is 1. The zero-order valence-corrected chi connectivity index (χ0v) is 11.7. The highest BCUT2D eigenvalue weighted by atomic mass is 32.2. The van der Waals surface area contributed by atoms with Gasteiger partial charge in [0.25, 0.3) is 10.1 Å². The first-order valence-electron chi connectivity index (χ1n) is 6.90. The summed E-state index contributed by atoms with van der Waals surface area (Å²) in [6.07, 6.45) is 5.06. The van der Waals surface area contributed by atoms with Crippen molar-refractivity contribution in [1.82, 2.24) is 5.32 Å². The summed E-state index contributed by atoms with van der Waals surface area (Å²) in [6, 6.07) is 0.00232. The van der Waals surface area contributed by atoms with Crippen LogP contribution in [0.1, 0.15) is 44.9 Å². The Bertz CT molecular complexity index is 437. The van der Waals surface area contributed by atoms with Crippen molar-refractivity contribution in [3.8, 4) is 0 Å². The van der Waals surface area contributed by atoms with E-state index in [4.69, 9.17) is 10.3 Å². The van der Waals surface area contributed by atoms with Crippen molar-refractivity contribution in [2.75, 3.05) is 0 Å². The number of carbonyl (C=O) groups is 1. The number of carbonyl (C=O) groups excluding carboxylic acids is 1. The summed E-state index contributed by atoms with van der Waals surface area (Å²) in [5.41, 5.74) is 5.97. The SMILES string of the molecule is N[C@@H]1CCCC[C@H]1NC(=O)C1CCC(S(=O)(=O)O)C1. The summed E-state index contributed by atoms with van der Waals surface area (Å²) in [7, 11) is -4.02. The summed E-state index contributed by atoms with van der Waals surface area (Å²) in [5.74, 6) is -0.436. The smallest absolute Gasteiger partial charge is 0.267 e. The Morgan fingerprint density at radius 2 is 1.84 bits per heavy atom. The second-order valence-electron chi connectivity index (χ2n) is 5.71. The van der Waals surface area contributed by atoms with Gasteiger partial charge in [-0.3, -0.25) is 9.35 Å². The zero-order chi connectivity index (χ0) is 14.0. The van der Waals surface area contributed by atoms with Gasteiger partial charge in [0, 0.05) is 18.0 Å². The Hall–Kier alpha value is -0.660. The monoisotopic (exact) mass is 290 g/mol. The highest BCUT2D eigenvalue weighted by Gasteiger charge is 2.37. The van der Waals surface area contributed by atoms with Gasteiger partial charge < -0.3 is 11.1 Å². The van der Waals surface area contributed by atoms with Crippen molar-refractivity contribution in [1.29, 1.82) is 0 Å². The quantitative estimate of drug-likeness (QED) is 0.653. The molecule has 0 aromatic heterocycles. The minimum Gasteiger partial charge on any atom is -0.352 e. The first kappa shape index (κ1) is 14.7. The molecule has 0 saturated heterocycles. The van der Waals surface area contributed by atoms with Crippen molar-refractivity contribution in [3.63, 3.8) is 0 Å². The fraction of sp³-hybridized carbons (Fsp3) is 0.917. The molecule has 0 aromatic rings. The highest BCUT2D eigenvalue weighted by Crippen LogP contribution is 2.30. The number of rotatable bonds is 3. The van der Waals surface area contributed by atoms with Gasteiger partial charge >= 0.3 is 0 Å². The lowest BCUT2D eigenvalue weighted by molar-refractivity contribution is -0.125. The van der Waals surface area contributed by atoms with E-state index in [1.165, 1.54) is 0 Å². The molecule has 4 atom stereocenters. The molecule has 2 rings (SSSR count). The van der Waals surface area contributed by atoms with Crippen LogP contribution in [0.25, 0.3) is 0 Å². The van der Waals surface area contributed by atoms with Gasteiger partial charge in [-0.1, -0.05) is 12.8 Å². The topological polar surface area (TPSA) is 109 Å². The molecule has 2 saturated carbocycles. The molecule has 0 aromatic carbocycles. The molecule has 1 amide bonds. The summed E-state index contributed by atoms with van der Waals surface area (Å²) in [4.78, 5) is 12.1. The molecule has 0 heterocycles. The third kappa shape index (κ3) is 3.67. The molecule has 0 bridgehead atoms. The molecule has 2 aliphatic rings. The van der Waals surface area contributed by atoms with Crippen LogP contribution in [0.15, 0.2) is 0 Å². The average molecular weight is 290 g/mol. The van der Waals surface area contributed by atoms with Crippen LogP contribution >= 0.6 is 0 Å². The largest absolute Gasteiger partial charge is 0.352 e. The van der Waals surface area contributed by atoms with Crippen molar-refractivity contribution < 1.29 is 17.8 Å². The molecule has 110 valence electrons. The van der Waals surface area contributed by atoms with Crippen molar-refractivity contribution in [2.45, 2.75) is 62.3 Å². The Kier molecular flexibility index (Phi) is 4.47. The van der Waals surface area contributed by atoms with Crippen molar-refractivity contribution >= 4 is 16.0 Å². The number of amides is 1. The third-order valence-corrected chi connectivity index (χ3v) is 5.59. The number of hydrogen-bond donors (Lipinski definition) is 3. The summed E-state index contributed by atoms with van der Waals surface area (Å²) >= 11 is 0. The zero-order valence-electron chi connectivity index (χ0n) is 10.9. The van der Waals surface area contributed by atoms with Gasteiger partial charge in [0.2, 0.25) is 5.91 Å². The standard InChI is InChI=1S/C12H22N2O4S/c13-10-3-1-2-4-11(10)14-12(15)8-5-6-9(7-8)19(16,17)18/h8-11H,1-7,13H2,(H,14,15)(H,16,17,18)/t8?,9?,10-,11-/m1/s1. The van der Waals surface area contributed by atoms with E-state index in [2.05, 4.69) is 5.32 Å². The van der Waals surface area contributed by atoms with Crippen LogP contribution in [0, 0.1) is 5.92 Å². The summed E-state index contributed by atoms with van der Waals surface area (Å²) in [5, 5.41) is 2.15. The number of nitrogens with one attached hydrogen (secondary N) is 1. The number of hydrogen-bond acceptors (Lipinski definition) is 4. The minimum atomic E-state index is -4.02. The average Bonchev–Trinajstić information content (AvgIpc) is 2.81. The first-order valence-corrected chi connectivity index (χ1v) is 8.40. The molecule has 19 heavy (non-hydrogen) atoms. The molecular formula is C12H22N2O4S. The van der Waals surface area contributed by atoms with E-state index >= 15 is 0 Å². The van der Waals surface area contributed by atoms with E-state index < -0.39 is 15.4 Å². The van der Waals surface area contributed by atoms with Crippen LogP contribution in [-0.2, 0) is 14.9 Å². The normalized spacial score (nSPS) is 36.1. The molecule has 2 fully saturated rings. The maximum Gasteiger partial charge on any atom is 0.267 e. The van der Waals surface area contributed by atoms with E-state index in [0.29, 0.717) is 12.8 Å². The predicted molar refractivity (Wildman–Crippen MR) is 71.1 cm³/mol. The lowest BCUT2D eigenvalue weighted by Gasteiger charge is -2.30. The van der Waals surface area contributed by atoms with E-state index in [1.54, 1.807) is 0 Å². The van der Waals surface area contributed by atoms with Gasteiger partial charge in [-0.25, -0.2) is 0 Å². The second kappa shape index (κ2) is 5.76. The van der Waals surface area contributed by atoms with Crippen LogP contribution in [-0.4, -0.2) is 36.2 Å². The third-order valence-electron chi connectivity index (χ3n) is 4.32. The molecule has 7 heteroatoms.